The summed E-state index contributed by atoms with van der Waals surface area (Å²) in [5.74, 6) is -0.650. The third-order valence-electron chi connectivity index (χ3n) is 1.98. The van der Waals surface area contributed by atoms with Crippen LogP contribution in [0.4, 0.5) is 0 Å². The van der Waals surface area contributed by atoms with Gasteiger partial charge in [0.15, 0.2) is 0 Å². The number of hydrogen-bond acceptors (Lipinski definition) is 4. The Balaban J connectivity index is 4.82. The van der Waals surface area contributed by atoms with Gasteiger partial charge in [0.25, 0.3) is 0 Å². The van der Waals surface area contributed by atoms with Crippen LogP contribution in [0, 0.1) is 0 Å². The molecule has 1 amide bonds. The lowest BCUT2D eigenvalue weighted by Gasteiger charge is -2.05. The molecule has 1 N–H and O–H groups in total. The number of esters is 1. The standard InChI is InChI=1S/C10H16N2O3/c1-6(7(2)10(14)15-5)8(3)11-12-9(4)13/h1-5H3,(H,12,13). The van der Waals surface area contributed by atoms with Gasteiger partial charge in [-0.1, -0.05) is 0 Å². The van der Waals surface area contributed by atoms with E-state index in [1.165, 1.54) is 14.0 Å². The van der Waals surface area contributed by atoms with Gasteiger partial charge in [-0.25, -0.2) is 10.2 Å². The molecule has 5 heteroatoms. The molecule has 5 nitrogen and oxygen atoms in total. The van der Waals surface area contributed by atoms with Gasteiger partial charge in [-0.3, -0.25) is 4.79 Å². The minimum absolute atomic E-state index is 0.252. The lowest BCUT2D eigenvalue weighted by Crippen LogP contribution is -2.16. The first-order valence-electron chi connectivity index (χ1n) is 4.47. The second-order valence-corrected chi connectivity index (χ2v) is 3.11. The van der Waals surface area contributed by atoms with Gasteiger partial charge in [0.05, 0.1) is 12.8 Å². The Morgan fingerprint density at radius 3 is 2.00 bits per heavy atom. The van der Waals surface area contributed by atoms with Crippen molar-refractivity contribution in [1.82, 2.24) is 5.43 Å². The van der Waals surface area contributed by atoms with Crippen molar-refractivity contribution in [3.8, 4) is 0 Å². The highest BCUT2D eigenvalue weighted by atomic mass is 16.5. The maximum atomic E-state index is 11.2. The molecule has 0 heterocycles. The molecule has 0 spiro atoms. The highest BCUT2D eigenvalue weighted by Gasteiger charge is 2.09. The molecule has 0 bridgehead atoms. The average molecular weight is 212 g/mol. The Bertz CT molecular complexity index is 330. The lowest BCUT2D eigenvalue weighted by molar-refractivity contribution is -0.136. The van der Waals surface area contributed by atoms with E-state index in [4.69, 9.17) is 0 Å². The first kappa shape index (κ1) is 13.4. The van der Waals surface area contributed by atoms with Crippen molar-refractivity contribution in [2.24, 2.45) is 5.10 Å². The van der Waals surface area contributed by atoms with Crippen LogP contribution in [0.1, 0.15) is 27.7 Å². The summed E-state index contributed by atoms with van der Waals surface area (Å²) in [6.07, 6.45) is 0. The largest absolute Gasteiger partial charge is 0.466 e. The molecule has 15 heavy (non-hydrogen) atoms. The first-order chi connectivity index (χ1) is 6.90. The first-order valence-corrected chi connectivity index (χ1v) is 4.47. The fourth-order valence-corrected chi connectivity index (χ4v) is 0.824. The highest BCUT2D eigenvalue weighted by molar-refractivity contribution is 6.05. The lowest BCUT2D eigenvalue weighted by atomic mass is 10.1. The Hall–Kier alpha value is -1.65. The monoisotopic (exact) mass is 212 g/mol. The minimum atomic E-state index is -0.398. The van der Waals surface area contributed by atoms with Crippen LogP contribution >= 0.6 is 0 Å². The van der Waals surface area contributed by atoms with Gasteiger partial charge in [0, 0.05) is 12.5 Å². The van der Waals surface area contributed by atoms with Crippen molar-refractivity contribution in [3.05, 3.63) is 11.1 Å². The maximum Gasteiger partial charge on any atom is 0.333 e. The van der Waals surface area contributed by atoms with Gasteiger partial charge in [-0.05, 0) is 26.3 Å². The Kier molecular flexibility index (Phi) is 5.30. The molecular formula is C10H16N2O3. The Morgan fingerprint density at radius 2 is 1.60 bits per heavy atom. The molecule has 0 unspecified atom stereocenters. The number of carbonyl (C=O) groups is 2. The van der Waals surface area contributed by atoms with Gasteiger partial charge in [-0.15, -0.1) is 0 Å². The van der Waals surface area contributed by atoms with E-state index in [0.29, 0.717) is 16.9 Å². The Morgan fingerprint density at radius 1 is 1.07 bits per heavy atom. The summed E-state index contributed by atoms with van der Waals surface area (Å²) < 4.78 is 4.57. The molecule has 0 aliphatic rings. The summed E-state index contributed by atoms with van der Waals surface area (Å²) >= 11 is 0. The van der Waals surface area contributed by atoms with E-state index >= 15 is 0 Å². The van der Waals surface area contributed by atoms with E-state index in [1.807, 2.05) is 0 Å². The zero-order valence-electron chi connectivity index (χ0n) is 9.67. The van der Waals surface area contributed by atoms with Gasteiger partial charge in [0.1, 0.15) is 0 Å². The summed E-state index contributed by atoms with van der Waals surface area (Å²) in [5, 5.41) is 3.81. The Labute approximate surface area is 89.2 Å². The van der Waals surface area contributed by atoms with Crippen molar-refractivity contribution in [3.63, 3.8) is 0 Å². The van der Waals surface area contributed by atoms with Crippen LogP contribution in [0.15, 0.2) is 16.2 Å². The van der Waals surface area contributed by atoms with Crippen molar-refractivity contribution < 1.29 is 14.3 Å². The van der Waals surface area contributed by atoms with E-state index in [0.717, 1.165) is 0 Å². The van der Waals surface area contributed by atoms with Gasteiger partial charge in [-0.2, -0.15) is 5.10 Å². The number of nitrogens with one attached hydrogen (secondary N) is 1. The number of nitrogens with zero attached hydrogens (tertiary/aromatic N) is 1. The van der Waals surface area contributed by atoms with Crippen molar-refractivity contribution in [2.45, 2.75) is 27.7 Å². The third kappa shape index (κ3) is 4.39. The zero-order valence-corrected chi connectivity index (χ0v) is 9.67. The van der Waals surface area contributed by atoms with Gasteiger partial charge >= 0.3 is 5.97 Å². The molecule has 0 saturated carbocycles. The van der Waals surface area contributed by atoms with Crippen LogP contribution < -0.4 is 5.43 Å². The number of hydrazone groups is 1. The molecule has 0 atom stereocenters. The summed E-state index contributed by atoms with van der Waals surface area (Å²) in [6, 6.07) is 0. The number of carbonyl (C=O) groups excluding carboxylic acids is 2. The number of allylic oxidation sites excluding steroid dienone is 1. The molecule has 0 aromatic heterocycles. The summed E-state index contributed by atoms with van der Waals surface area (Å²) in [6.45, 7) is 6.46. The van der Waals surface area contributed by atoms with Gasteiger partial charge < -0.3 is 4.74 Å². The molecule has 0 radical (unpaired) electrons. The van der Waals surface area contributed by atoms with Crippen molar-refractivity contribution >= 4 is 17.6 Å². The quantitative estimate of drug-likeness (QED) is 0.328. The van der Waals surface area contributed by atoms with Crippen LogP contribution in [0.5, 0.6) is 0 Å². The van der Waals surface area contributed by atoms with E-state index < -0.39 is 5.97 Å². The summed E-state index contributed by atoms with van der Waals surface area (Å²) in [7, 11) is 1.32. The predicted octanol–water partition coefficient (Wildman–Crippen LogP) is 1.01. The van der Waals surface area contributed by atoms with E-state index in [9.17, 15) is 9.59 Å². The molecule has 0 aromatic rings. The van der Waals surface area contributed by atoms with Crippen LogP contribution in [0.3, 0.4) is 0 Å². The molecular weight excluding hydrogens is 196 g/mol. The molecule has 0 aliphatic carbocycles. The average Bonchev–Trinajstić information content (AvgIpc) is 2.22. The van der Waals surface area contributed by atoms with Crippen molar-refractivity contribution in [1.29, 1.82) is 0 Å². The van der Waals surface area contributed by atoms with Crippen LogP contribution in [-0.2, 0) is 14.3 Å². The number of hydrogen-bond donors (Lipinski definition) is 1. The fourth-order valence-electron chi connectivity index (χ4n) is 0.824. The number of amides is 1. The van der Waals surface area contributed by atoms with E-state index in [-0.39, 0.29) is 5.91 Å². The van der Waals surface area contributed by atoms with E-state index in [2.05, 4.69) is 15.3 Å². The highest BCUT2D eigenvalue weighted by Crippen LogP contribution is 2.06. The molecule has 0 rings (SSSR count). The molecule has 0 fully saturated rings. The zero-order chi connectivity index (χ0) is 12.0. The third-order valence-corrected chi connectivity index (χ3v) is 1.98. The molecule has 0 aromatic carbocycles. The smallest absolute Gasteiger partial charge is 0.333 e. The maximum absolute atomic E-state index is 11.2. The molecule has 84 valence electrons. The van der Waals surface area contributed by atoms with Crippen LogP contribution in [0.2, 0.25) is 0 Å². The van der Waals surface area contributed by atoms with E-state index in [1.54, 1.807) is 20.8 Å². The topological polar surface area (TPSA) is 67.8 Å². The van der Waals surface area contributed by atoms with Crippen molar-refractivity contribution in [2.75, 3.05) is 7.11 Å². The SMILES string of the molecule is COC(=O)C(C)=C(C)C(C)=NNC(C)=O. The van der Waals surface area contributed by atoms with Gasteiger partial charge in [0.2, 0.25) is 5.91 Å². The van der Waals surface area contributed by atoms with Crippen LogP contribution in [-0.4, -0.2) is 24.7 Å². The number of methoxy groups -OCH3 is 1. The number of rotatable bonds is 3. The second kappa shape index (κ2) is 5.95. The number of ether oxygens (including phenoxy) is 1. The summed E-state index contributed by atoms with van der Waals surface area (Å²) in [5.41, 5.74) is 4.04. The normalized spacial score (nSPS) is 13.0. The predicted molar refractivity (Wildman–Crippen MR) is 57.3 cm³/mol. The fraction of sp³-hybridized carbons (Fsp3) is 0.500. The summed E-state index contributed by atoms with van der Waals surface area (Å²) in [4.78, 5) is 21.8. The van der Waals surface area contributed by atoms with Crippen LogP contribution in [0.25, 0.3) is 0 Å². The minimum Gasteiger partial charge on any atom is -0.466 e. The second-order valence-electron chi connectivity index (χ2n) is 3.11. The molecule has 0 saturated heterocycles. The molecule has 0 aliphatic heterocycles.